The van der Waals surface area contributed by atoms with E-state index in [0.29, 0.717) is 0 Å². The molecule has 0 saturated carbocycles. The molecule has 6 heteroatoms. The SMILES string of the molecule is NNC(c1ccncn1)c1sccc1Br. The third-order valence-electron chi connectivity index (χ3n) is 1.97. The number of rotatable bonds is 3. The molecule has 0 aliphatic carbocycles. The van der Waals surface area contributed by atoms with Gasteiger partial charge in [-0.05, 0) is 33.4 Å². The molecule has 2 rings (SSSR count). The lowest BCUT2D eigenvalue weighted by molar-refractivity contribution is 0.626. The molecule has 0 aliphatic rings. The van der Waals surface area contributed by atoms with Crippen LogP contribution in [0.5, 0.6) is 0 Å². The minimum atomic E-state index is -0.0950. The number of nitrogens with two attached hydrogens (primary N) is 1. The third kappa shape index (κ3) is 2.23. The van der Waals surface area contributed by atoms with Crippen molar-refractivity contribution in [3.8, 4) is 0 Å². The number of nitrogens with zero attached hydrogens (tertiary/aromatic N) is 2. The van der Waals surface area contributed by atoms with Crippen LogP contribution in [0.4, 0.5) is 0 Å². The number of nitrogens with one attached hydrogen (secondary N) is 1. The summed E-state index contributed by atoms with van der Waals surface area (Å²) in [6, 6.07) is 3.74. The highest BCUT2D eigenvalue weighted by Crippen LogP contribution is 2.31. The van der Waals surface area contributed by atoms with E-state index in [2.05, 4.69) is 31.3 Å². The molecule has 15 heavy (non-hydrogen) atoms. The molecule has 4 nitrogen and oxygen atoms in total. The molecule has 3 N–H and O–H groups in total. The summed E-state index contributed by atoms with van der Waals surface area (Å²) in [7, 11) is 0. The molecule has 1 atom stereocenters. The molecule has 0 aliphatic heterocycles. The van der Waals surface area contributed by atoms with Crippen molar-refractivity contribution < 1.29 is 0 Å². The van der Waals surface area contributed by atoms with Crippen LogP contribution in [0.1, 0.15) is 16.6 Å². The monoisotopic (exact) mass is 284 g/mol. The van der Waals surface area contributed by atoms with E-state index in [4.69, 9.17) is 5.84 Å². The van der Waals surface area contributed by atoms with E-state index in [0.717, 1.165) is 15.0 Å². The summed E-state index contributed by atoms with van der Waals surface area (Å²) in [6.07, 6.45) is 3.22. The van der Waals surface area contributed by atoms with Gasteiger partial charge < -0.3 is 0 Å². The fourth-order valence-corrected chi connectivity index (χ4v) is 2.95. The zero-order valence-corrected chi connectivity index (χ0v) is 10.1. The van der Waals surface area contributed by atoms with Crippen molar-refractivity contribution in [3.05, 3.63) is 45.1 Å². The van der Waals surface area contributed by atoms with Crippen LogP contribution in [0.2, 0.25) is 0 Å². The zero-order valence-electron chi connectivity index (χ0n) is 7.72. The first-order valence-electron chi connectivity index (χ1n) is 4.28. The predicted molar refractivity (Wildman–Crippen MR) is 63.2 cm³/mol. The maximum atomic E-state index is 5.54. The van der Waals surface area contributed by atoms with Gasteiger partial charge in [0.05, 0.1) is 11.7 Å². The van der Waals surface area contributed by atoms with E-state index < -0.39 is 0 Å². The second-order valence-corrected chi connectivity index (χ2v) is 4.67. The van der Waals surface area contributed by atoms with E-state index in [1.54, 1.807) is 17.5 Å². The van der Waals surface area contributed by atoms with Gasteiger partial charge in [-0.1, -0.05) is 0 Å². The Balaban J connectivity index is 2.37. The lowest BCUT2D eigenvalue weighted by Crippen LogP contribution is -2.29. The van der Waals surface area contributed by atoms with Crippen LogP contribution in [0, 0.1) is 0 Å². The molecular formula is C9H9BrN4S. The number of aromatic nitrogens is 2. The number of halogens is 1. The molecule has 2 aromatic heterocycles. The summed E-state index contributed by atoms with van der Waals surface area (Å²) in [5, 5.41) is 2.00. The van der Waals surface area contributed by atoms with Crippen LogP contribution in [0.15, 0.2) is 34.5 Å². The molecular weight excluding hydrogens is 276 g/mol. The van der Waals surface area contributed by atoms with Crippen LogP contribution in [-0.4, -0.2) is 9.97 Å². The summed E-state index contributed by atoms with van der Waals surface area (Å²) < 4.78 is 1.04. The lowest BCUT2D eigenvalue weighted by Gasteiger charge is -2.13. The average molecular weight is 285 g/mol. The zero-order chi connectivity index (χ0) is 10.7. The minimum absolute atomic E-state index is 0.0950. The molecule has 0 amide bonds. The van der Waals surface area contributed by atoms with Crippen molar-refractivity contribution in [2.24, 2.45) is 5.84 Å². The summed E-state index contributed by atoms with van der Waals surface area (Å²) >= 11 is 5.10. The van der Waals surface area contributed by atoms with Gasteiger partial charge in [-0.15, -0.1) is 11.3 Å². The van der Waals surface area contributed by atoms with Crippen LogP contribution in [0.3, 0.4) is 0 Å². The molecule has 0 aromatic carbocycles. The number of hydrogen-bond donors (Lipinski definition) is 2. The molecule has 0 spiro atoms. The molecule has 0 fully saturated rings. The van der Waals surface area contributed by atoms with Crippen LogP contribution in [-0.2, 0) is 0 Å². The third-order valence-corrected chi connectivity index (χ3v) is 3.91. The normalized spacial score (nSPS) is 12.7. The lowest BCUT2D eigenvalue weighted by atomic mass is 10.2. The number of hydrazine groups is 1. The van der Waals surface area contributed by atoms with E-state index >= 15 is 0 Å². The molecule has 2 heterocycles. The molecule has 0 bridgehead atoms. The Morgan fingerprint density at radius 2 is 2.33 bits per heavy atom. The Morgan fingerprint density at radius 3 is 2.87 bits per heavy atom. The Bertz CT molecular complexity index is 431. The quantitative estimate of drug-likeness (QED) is 0.667. The van der Waals surface area contributed by atoms with Crippen molar-refractivity contribution in [2.45, 2.75) is 6.04 Å². The van der Waals surface area contributed by atoms with Gasteiger partial charge in [0.1, 0.15) is 6.33 Å². The van der Waals surface area contributed by atoms with Gasteiger partial charge in [-0.2, -0.15) is 0 Å². The minimum Gasteiger partial charge on any atom is -0.270 e. The highest BCUT2D eigenvalue weighted by atomic mass is 79.9. The Morgan fingerprint density at radius 1 is 1.47 bits per heavy atom. The standard InChI is InChI=1S/C9H9BrN4S/c10-6-2-4-15-9(6)8(14-11)7-1-3-12-5-13-7/h1-5,8,14H,11H2. The van der Waals surface area contributed by atoms with E-state index in [1.807, 2.05) is 17.5 Å². The summed E-state index contributed by atoms with van der Waals surface area (Å²) in [6.45, 7) is 0. The fraction of sp³-hybridized carbons (Fsp3) is 0.111. The van der Waals surface area contributed by atoms with E-state index in [1.165, 1.54) is 6.33 Å². The average Bonchev–Trinajstić information content (AvgIpc) is 2.68. The second kappa shape index (κ2) is 4.80. The van der Waals surface area contributed by atoms with Crippen LogP contribution < -0.4 is 11.3 Å². The predicted octanol–water partition coefficient (Wildman–Crippen LogP) is 1.85. The molecule has 78 valence electrons. The van der Waals surface area contributed by atoms with Gasteiger partial charge in [-0.3, -0.25) is 5.84 Å². The summed E-state index contributed by atoms with van der Waals surface area (Å²) in [5.41, 5.74) is 3.61. The van der Waals surface area contributed by atoms with Crippen molar-refractivity contribution in [3.63, 3.8) is 0 Å². The van der Waals surface area contributed by atoms with Gasteiger partial charge in [0, 0.05) is 15.5 Å². The first kappa shape index (κ1) is 10.7. The Hall–Kier alpha value is -0.820. The topological polar surface area (TPSA) is 63.8 Å². The highest BCUT2D eigenvalue weighted by molar-refractivity contribution is 9.10. The maximum absolute atomic E-state index is 5.54. The van der Waals surface area contributed by atoms with Crippen molar-refractivity contribution in [1.82, 2.24) is 15.4 Å². The van der Waals surface area contributed by atoms with Gasteiger partial charge in [0.2, 0.25) is 0 Å². The molecule has 0 saturated heterocycles. The maximum Gasteiger partial charge on any atom is 0.115 e. The van der Waals surface area contributed by atoms with Gasteiger partial charge >= 0.3 is 0 Å². The smallest absolute Gasteiger partial charge is 0.115 e. The second-order valence-electron chi connectivity index (χ2n) is 2.87. The van der Waals surface area contributed by atoms with E-state index in [9.17, 15) is 0 Å². The number of thiophene rings is 1. The van der Waals surface area contributed by atoms with Crippen LogP contribution >= 0.6 is 27.3 Å². The molecule has 2 aromatic rings. The first-order chi connectivity index (χ1) is 7.33. The molecule has 1 unspecified atom stereocenters. The fourth-order valence-electron chi connectivity index (χ4n) is 1.28. The van der Waals surface area contributed by atoms with Gasteiger partial charge in [0.25, 0.3) is 0 Å². The van der Waals surface area contributed by atoms with Crippen molar-refractivity contribution in [1.29, 1.82) is 0 Å². The van der Waals surface area contributed by atoms with Crippen molar-refractivity contribution in [2.75, 3.05) is 0 Å². The van der Waals surface area contributed by atoms with E-state index in [-0.39, 0.29) is 6.04 Å². The number of hydrogen-bond acceptors (Lipinski definition) is 5. The van der Waals surface area contributed by atoms with Gasteiger partial charge in [0.15, 0.2) is 0 Å². The van der Waals surface area contributed by atoms with Crippen molar-refractivity contribution >= 4 is 27.3 Å². The first-order valence-corrected chi connectivity index (χ1v) is 5.95. The Kier molecular flexibility index (Phi) is 3.42. The van der Waals surface area contributed by atoms with Crippen LogP contribution in [0.25, 0.3) is 0 Å². The summed E-state index contributed by atoms with van der Waals surface area (Å²) in [4.78, 5) is 9.16. The Labute approximate surface area is 99.7 Å². The van der Waals surface area contributed by atoms with Gasteiger partial charge in [-0.25, -0.2) is 15.4 Å². The summed E-state index contributed by atoms with van der Waals surface area (Å²) in [5.74, 6) is 5.54. The largest absolute Gasteiger partial charge is 0.270 e. The highest BCUT2D eigenvalue weighted by Gasteiger charge is 2.17. The molecule has 0 radical (unpaired) electrons.